The lowest BCUT2D eigenvalue weighted by molar-refractivity contribution is -0.122. The van der Waals surface area contributed by atoms with Crippen molar-refractivity contribution in [2.45, 2.75) is 39.4 Å². The molecule has 0 aromatic carbocycles. The molecule has 90 valence electrons. The van der Waals surface area contributed by atoms with Crippen molar-refractivity contribution in [3.05, 3.63) is 18.0 Å². The van der Waals surface area contributed by atoms with Crippen molar-refractivity contribution in [3.63, 3.8) is 0 Å². The average molecular weight is 224 g/mol. The number of amides is 1. The molecule has 1 aromatic heterocycles. The van der Waals surface area contributed by atoms with Gasteiger partial charge in [0, 0.05) is 26.3 Å². The Hall–Kier alpha value is -1.36. The van der Waals surface area contributed by atoms with Crippen LogP contribution in [0.1, 0.15) is 26.0 Å². The van der Waals surface area contributed by atoms with E-state index in [0.717, 1.165) is 18.7 Å². The molecule has 2 N–H and O–H groups in total. The number of nitrogens with zero attached hydrogens (tertiary/aromatic N) is 2. The van der Waals surface area contributed by atoms with Crippen molar-refractivity contribution in [1.29, 1.82) is 0 Å². The van der Waals surface area contributed by atoms with E-state index in [0.29, 0.717) is 6.54 Å². The number of carbonyl (C=O) groups excluding carboxylic acids is 1. The number of nitrogens with one attached hydrogen (secondary N) is 2. The molecule has 16 heavy (non-hydrogen) atoms. The maximum Gasteiger partial charge on any atom is 0.236 e. The monoisotopic (exact) mass is 224 g/mol. The Kier molecular flexibility index (Phi) is 4.98. The molecule has 1 aromatic rings. The third-order valence-corrected chi connectivity index (χ3v) is 2.47. The molecule has 0 fully saturated rings. The summed E-state index contributed by atoms with van der Waals surface area (Å²) in [5, 5.41) is 10.00. The summed E-state index contributed by atoms with van der Waals surface area (Å²) in [5.41, 5.74) is 1.11. The summed E-state index contributed by atoms with van der Waals surface area (Å²) in [6, 6.07) is 1.79. The summed E-state index contributed by atoms with van der Waals surface area (Å²) in [5.74, 6) is 0.00144. The van der Waals surface area contributed by atoms with Gasteiger partial charge in [0.15, 0.2) is 0 Å². The van der Waals surface area contributed by atoms with Crippen LogP contribution in [0.25, 0.3) is 0 Å². The highest BCUT2D eigenvalue weighted by molar-refractivity contribution is 5.80. The number of hydrogen-bond donors (Lipinski definition) is 2. The largest absolute Gasteiger partial charge is 0.358 e. The molecule has 1 unspecified atom stereocenters. The number of aryl methyl sites for hydroxylation is 1. The lowest BCUT2D eigenvalue weighted by Gasteiger charge is -2.13. The Morgan fingerprint density at radius 3 is 3.00 bits per heavy atom. The van der Waals surface area contributed by atoms with E-state index in [2.05, 4.69) is 22.7 Å². The normalized spacial score (nSPS) is 12.4. The summed E-state index contributed by atoms with van der Waals surface area (Å²) < 4.78 is 1.96. The average Bonchev–Trinajstić information content (AvgIpc) is 2.73. The van der Waals surface area contributed by atoms with Crippen LogP contribution in [0.5, 0.6) is 0 Å². The zero-order chi connectivity index (χ0) is 12.0. The summed E-state index contributed by atoms with van der Waals surface area (Å²) >= 11 is 0. The minimum absolute atomic E-state index is 0.00144. The Labute approximate surface area is 96.2 Å². The summed E-state index contributed by atoms with van der Waals surface area (Å²) in [7, 11) is 1.64. The number of aromatic nitrogens is 2. The van der Waals surface area contributed by atoms with Crippen LogP contribution in [0.15, 0.2) is 12.3 Å². The van der Waals surface area contributed by atoms with Crippen molar-refractivity contribution in [1.82, 2.24) is 20.4 Å². The van der Waals surface area contributed by atoms with Gasteiger partial charge in [-0.3, -0.25) is 9.48 Å². The molecular formula is C11H20N4O. The molecule has 1 amide bonds. The minimum atomic E-state index is -0.185. The van der Waals surface area contributed by atoms with E-state index in [1.807, 2.05) is 17.7 Å². The minimum Gasteiger partial charge on any atom is -0.358 e. The van der Waals surface area contributed by atoms with Gasteiger partial charge in [0.25, 0.3) is 0 Å². The maximum atomic E-state index is 11.3. The third kappa shape index (κ3) is 3.34. The maximum absolute atomic E-state index is 11.3. The Morgan fingerprint density at radius 1 is 1.62 bits per heavy atom. The summed E-state index contributed by atoms with van der Waals surface area (Å²) in [6.45, 7) is 5.54. The first-order valence-electron chi connectivity index (χ1n) is 5.64. The SMILES string of the molecule is CCCn1nccc1CNC(C)C(=O)NC. The molecule has 1 rings (SSSR count). The number of likely N-dealkylation sites (N-methyl/N-ethyl adjacent to an activating group) is 1. The third-order valence-electron chi connectivity index (χ3n) is 2.47. The van der Waals surface area contributed by atoms with Gasteiger partial charge in [-0.1, -0.05) is 6.92 Å². The van der Waals surface area contributed by atoms with E-state index in [9.17, 15) is 4.79 Å². The van der Waals surface area contributed by atoms with Crippen LogP contribution in [-0.4, -0.2) is 28.8 Å². The highest BCUT2D eigenvalue weighted by Gasteiger charge is 2.10. The van der Waals surface area contributed by atoms with Crippen LogP contribution in [0.4, 0.5) is 0 Å². The van der Waals surface area contributed by atoms with Gasteiger partial charge in [-0.2, -0.15) is 5.10 Å². The van der Waals surface area contributed by atoms with Gasteiger partial charge in [-0.05, 0) is 19.4 Å². The molecular weight excluding hydrogens is 204 g/mol. The molecule has 0 aliphatic rings. The summed E-state index contributed by atoms with van der Waals surface area (Å²) in [6.07, 6.45) is 2.84. The van der Waals surface area contributed by atoms with Crippen LogP contribution < -0.4 is 10.6 Å². The predicted molar refractivity (Wildman–Crippen MR) is 62.9 cm³/mol. The van der Waals surface area contributed by atoms with Gasteiger partial charge in [0.2, 0.25) is 5.91 Å². The molecule has 5 nitrogen and oxygen atoms in total. The summed E-state index contributed by atoms with van der Waals surface area (Å²) in [4.78, 5) is 11.3. The fourth-order valence-electron chi connectivity index (χ4n) is 1.49. The van der Waals surface area contributed by atoms with E-state index in [1.54, 1.807) is 13.2 Å². The van der Waals surface area contributed by atoms with Crippen LogP contribution in [0, 0.1) is 0 Å². The Morgan fingerprint density at radius 2 is 2.38 bits per heavy atom. The zero-order valence-corrected chi connectivity index (χ0v) is 10.2. The topological polar surface area (TPSA) is 59.0 Å². The van der Waals surface area contributed by atoms with E-state index in [1.165, 1.54) is 0 Å². The standard InChI is InChI=1S/C11H20N4O/c1-4-7-15-10(5-6-14-15)8-13-9(2)11(16)12-3/h5-6,9,13H,4,7-8H2,1-3H3,(H,12,16). The molecule has 1 heterocycles. The quantitative estimate of drug-likeness (QED) is 0.740. The second-order valence-electron chi connectivity index (χ2n) is 3.76. The van der Waals surface area contributed by atoms with E-state index >= 15 is 0 Å². The molecule has 0 saturated heterocycles. The second kappa shape index (κ2) is 6.27. The van der Waals surface area contributed by atoms with Crippen molar-refractivity contribution in [3.8, 4) is 0 Å². The van der Waals surface area contributed by atoms with Crippen molar-refractivity contribution in [2.24, 2.45) is 0 Å². The molecule has 0 spiro atoms. The molecule has 0 aliphatic carbocycles. The van der Waals surface area contributed by atoms with Crippen LogP contribution in [0.2, 0.25) is 0 Å². The fourth-order valence-corrected chi connectivity index (χ4v) is 1.49. The number of rotatable bonds is 6. The van der Waals surface area contributed by atoms with Gasteiger partial charge in [-0.15, -0.1) is 0 Å². The molecule has 1 atom stereocenters. The van der Waals surface area contributed by atoms with Gasteiger partial charge in [0.1, 0.15) is 0 Å². The van der Waals surface area contributed by atoms with Crippen LogP contribution in [-0.2, 0) is 17.9 Å². The fraction of sp³-hybridized carbons (Fsp3) is 0.636. The van der Waals surface area contributed by atoms with E-state index in [4.69, 9.17) is 0 Å². The second-order valence-corrected chi connectivity index (χ2v) is 3.76. The molecule has 5 heteroatoms. The molecule has 0 aliphatic heterocycles. The molecule has 0 bridgehead atoms. The highest BCUT2D eigenvalue weighted by atomic mass is 16.2. The van der Waals surface area contributed by atoms with Crippen LogP contribution in [0.3, 0.4) is 0 Å². The lowest BCUT2D eigenvalue weighted by Crippen LogP contribution is -2.40. The number of carbonyl (C=O) groups is 1. The Bertz CT molecular complexity index is 334. The lowest BCUT2D eigenvalue weighted by atomic mass is 10.3. The Balaban J connectivity index is 2.47. The van der Waals surface area contributed by atoms with Crippen molar-refractivity contribution >= 4 is 5.91 Å². The highest BCUT2D eigenvalue weighted by Crippen LogP contribution is 2.00. The van der Waals surface area contributed by atoms with Gasteiger partial charge < -0.3 is 10.6 Å². The first-order valence-corrected chi connectivity index (χ1v) is 5.64. The van der Waals surface area contributed by atoms with Crippen molar-refractivity contribution < 1.29 is 4.79 Å². The van der Waals surface area contributed by atoms with E-state index < -0.39 is 0 Å². The van der Waals surface area contributed by atoms with Gasteiger partial charge >= 0.3 is 0 Å². The first kappa shape index (κ1) is 12.7. The van der Waals surface area contributed by atoms with Crippen molar-refractivity contribution in [2.75, 3.05) is 7.05 Å². The van der Waals surface area contributed by atoms with E-state index in [-0.39, 0.29) is 11.9 Å². The van der Waals surface area contributed by atoms with Crippen LogP contribution >= 0.6 is 0 Å². The smallest absolute Gasteiger partial charge is 0.236 e. The molecule has 0 saturated carbocycles. The first-order chi connectivity index (χ1) is 7.69. The predicted octanol–water partition coefficient (Wildman–Crippen LogP) is 0.517. The molecule has 0 radical (unpaired) electrons. The van der Waals surface area contributed by atoms with Gasteiger partial charge in [-0.25, -0.2) is 0 Å². The zero-order valence-electron chi connectivity index (χ0n) is 10.2. The number of hydrogen-bond acceptors (Lipinski definition) is 3. The van der Waals surface area contributed by atoms with Gasteiger partial charge in [0.05, 0.1) is 11.7 Å².